The molecule has 0 bridgehead atoms. The number of methoxy groups -OCH3 is 1. The maximum absolute atomic E-state index is 12.1. The lowest BCUT2D eigenvalue weighted by Crippen LogP contribution is -2.22. The van der Waals surface area contributed by atoms with Gasteiger partial charge >= 0.3 is 0 Å². The largest absolute Gasteiger partial charge is 0.495 e. The molecule has 0 fully saturated rings. The standard InChI is InChI=1S/C20H25N3O3/c1-4-23(5-2)16-12-10-15(11-13-16)21-19(24)14-20(25)22-17-8-6-7-9-18(17)26-3/h6-13H,4-5,14H2,1-3H3,(H,21,24)(H,22,25). The number of hydrogen-bond acceptors (Lipinski definition) is 4. The minimum atomic E-state index is -0.397. The summed E-state index contributed by atoms with van der Waals surface area (Å²) in [6, 6.07) is 14.6. The van der Waals surface area contributed by atoms with Crippen molar-refractivity contribution in [3.8, 4) is 5.75 Å². The quantitative estimate of drug-likeness (QED) is 0.711. The fourth-order valence-corrected chi connectivity index (χ4v) is 2.64. The first-order valence-electron chi connectivity index (χ1n) is 8.65. The number of carbonyl (C=O) groups excluding carboxylic acids is 2. The molecule has 0 atom stereocenters. The van der Waals surface area contributed by atoms with E-state index in [1.54, 1.807) is 18.2 Å². The van der Waals surface area contributed by atoms with Gasteiger partial charge < -0.3 is 20.3 Å². The van der Waals surface area contributed by atoms with Gasteiger partial charge in [-0.1, -0.05) is 12.1 Å². The van der Waals surface area contributed by atoms with Gasteiger partial charge in [0.15, 0.2) is 0 Å². The molecule has 0 aliphatic carbocycles. The second-order valence-electron chi connectivity index (χ2n) is 5.69. The van der Waals surface area contributed by atoms with E-state index < -0.39 is 5.91 Å². The molecule has 2 N–H and O–H groups in total. The van der Waals surface area contributed by atoms with Gasteiger partial charge in [-0.3, -0.25) is 9.59 Å². The molecule has 0 saturated heterocycles. The van der Waals surface area contributed by atoms with Crippen molar-refractivity contribution in [1.29, 1.82) is 0 Å². The third-order valence-electron chi connectivity index (χ3n) is 3.98. The molecule has 0 aromatic heterocycles. The molecule has 2 aromatic rings. The fraction of sp³-hybridized carbons (Fsp3) is 0.300. The topological polar surface area (TPSA) is 70.7 Å². The normalized spacial score (nSPS) is 10.1. The van der Waals surface area contributed by atoms with Gasteiger partial charge in [-0.05, 0) is 50.2 Å². The van der Waals surface area contributed by atoms with Crippen LogP contribution in [0.5, 0.6) is 5.75 Å². The van der Waals surface area contributed by atoms with Crippen LogP contribution in [-0.2, 0) is 9.59 Å². The average molecular weight is 355 g/mol. The highest BCUT2D eigenvalue weighted by Gasteiger charge is 2.12. The average Bonchev–Trinajstić information content (AvgIpc) is 2.64. The highest BCUT2D eigenvalue weighted by molar-refractivity contribution is 6.08. The lowest BCUT2D eigenvalue weighted by molar-refractivity contribution is -0.123. The van der Waals surface area contributed by atoms with Crippen LogP contribution in [0.1, 0.15) is 20.3 Å². The van der Waals surface area contributed by atoms with E-state index in [9.17, 15) is 9.59 Å². The van der Waals surface area contributed by atoms with Gasteiger partial charge in [0.2, 0.25) is 11.8 Å². The third-order valence-corrected chi connectivity index (χ3v) is 3.98. The van der Waals surface area contributed by atoms with Gasteiger partial charge in [0.25, 0.3) is 0 Å². The lowest BCUT2D eigenvalue weighted by Gasteiger charge is -2.21. The Labute approximate surface area is 154 Å². The summed E-state index contributed by atoms with van der Waals surface area (Å²) in [5.74, 6) is -0.215. The zero-order valence-electron chi connectivity index (χ0n) is 15.4. The zero-order valence-corrected chi connectivity index (χ0v) is 15.4. The number of hydrogen-bond donors (Lipinski definition) is 2. The summed E-state index contributed by atoms with van der Waals surface area (Å²) in [6.45, 7) is 6.04. The number of carbonyl (C=O) groups is 2. The van der Waals surface area contributed by atoms with E-state index in [1.807, 2.05) is 30.3 Å². The Morgan fingerprint density at radius 2 is 1.54 bits per heavy atom. The molecule has 0 heterocycles. The molecular weight excluding hydrogens is 330 g/mol. The van der Waals surface area contributed by atoms with Crippen LogP contribution in [0.4, 0.5) is 17.1 Å². The number of ether oxygens (including phenoxy) is 1. The predicted molar refractivity (Wildman–Crippen MR) is 105 cm³/mol. The van der Waals surface area contributed by atoms with Crippen LogP contribution in [0.15, 0.2) is 48.5 Å². The van der Waals surface area contributed by atoms with Crippen molar-refractivity contribution in [2.45, 2.75) is 20.3 Å². The molecular formula is C20H25N3O3. The van der Waals surface area contributed by atoms with Crippen LogP contribution in [0.25, 0.3) is 0 Å². The summed E-state index contributed by atoms with van der Waals surface area (Å²) in [7, 11) is 1.53. The summed E-state index contributed by atoms with van der Waals surface area (Å²) in [6.07, 6.45) is -0.268. The summed E-state index contributed by atoms with van der Waals surface area (Å²) in [4.78, 5) is 26.4. The minimum Gasteiger partial charge on any atom is -0.495 e. The number of nitrogens with zero attached hydrogens (tertiary/aromatic N) is 1. The Bertz CT molecular complexity index is 740. The number of rotatable bonds is 8. The second kappa shape index (κ2) is 9.46. The Hall–Kier alpha value is -3.02. The van der Waals surface area contributed by atoms with Gasteiger partial charge in [0, 0.05) is 24.5 Å². The summed E-state index contributed by atoms with van der Waals surface area (Å²) in [5, 5.41) is 5.43. The molecule has 0 saturated carbocycles. The summed E-state index contributed by atoms with van der Waals surface area (Å²) < 4.78 is 5.18. The first-order chi connectivity index (χ1) is 12.6. The summed E-state index contributed by atoms with van der Waals surface area (Å²) in [5.41, 5.74) is 2.30. The molecule has 138 valence electrons. The van der Waals surface area contributed by atoms with Crippen LogP contribution < -0.4 is 20.3 Å². The Balaban J connectivity index is 1.90. The molecule has 0 radical (unpaired) electrons. The fourth-order valence-electron chi connectivity index (χ4n) is 2.64. The number of benzene rings is 2. The summed E-state index contributed by atoms with van der Waals surface area (Å²) >= 11 is 0. The van der Waals surface area contributed by atoms with Gasteiger partial charge in [-0.2, -0.15) is 0 Å². The van der Waals surface area contributed by atoms with Gasteiger partial charge in [0.1, 0.15) is 12.2 Å². The van der Waals surface area contributed by atoms with E-state index >= 15 is 0 Å². The number of anilines is 3. The number of amides is 2. The molecule has 0 aliphatic rings. The first-order valence-corrected chi connectivity index (χ1v) is 8.65. The molecule has 2 aromatic carbocycles. The molecule has 26 heavy (non-hydrogen) atoms. The second-order valence-corrected chi connectivity index (χ2v) is 5.69. The molecule has 0 unspecified atom stereocenters. The molecule has 2 rings (SSSR count). The molecule has 2 amide bonds. The van der Waals surface area contributed by atoms with E-state index in [0.717, 1.165) is 18.8 Å². The van der Waals surface area contributed by atoms with Crippen molar-refractivity contribution in [3.63, 3.8) is 0 Å². The van der Waals surface area contributed by atoms with E-state index in [4.69, 9.17) is 4.74 Å². The Morgan fingerprint density at radius 1 is 0.923 bits per heavy atom. The lowest BCUT2D eigenvalue weighted by atomic mass is 10.2. The van der Waals surface area contributed by atoms with Crippen LogP contribution in [0, 0.1) is 0 Å². The van der Waals surface area contributed by atoms with Crippen molar-refractivity contribution in [3.05, 3.63) is 48.5 Å². The predicted octanol–water partition coefficient (Wildman–Crippen LogP) is 3.51. The Morgan fingerprint density at radius 3 is 2.15 bits per heavy atom. The molecule has 0 spiro atoms. The SMILES string of the molecule is CCN(CC)c1ccc(NC(=O)CC(=O)Nc2ccccc2OC)cc1. The van der Waals surface area contributed by atoms with Gasteiger partial charge in [-0.25, -0.2) is 0 Å². The third kappa shape index (κ3) is 5.24. The first kappa shape index (κ1) is 19.3. The van der Waals surface area contributed by atoms with Crippen molar-refractivity contribution in [1.82, 2.24) is 0 Å². The molecule has 6 nitrogen and oxygen atoms in total. The van der Waals surface area contributed by atoms with Crippen molar-refractivity contribution in [2.24, 2.45) is 0 Å². The zero-order chi connectivity index (χ0) is 18.9. The van der Waals surface area contributed by atoms with Crippen molar-refractivity contribution < 1.29 is 14.3 Å². The van der Waals surface area contributed by atoms with E-state index in [0.29, 0.717) is 17.1 Å². The van der Waals surface area contributed by atoms with E-state index in [1.165, 1.54) is 7.11 Å². The van der Waals surface area contributed by atoms with Gasteiger partial charge in [0.05, 0.1) is 12.8 Å². The number of para-hydroxylation sites is 2. The van der Waals surface area contributed by atoms with Crippen LogP contribution in [0.3, 0.4) is 0 Å². The highest BCUT2D eigenvalue weighted by Crippen LogP contribution is 2.23. The van der Waals surface area contributed by atoms with Crippen LogP contribution >= 0.6 is 0 Å². The smallest absolute Gasteiger partial charge is 0.233 e. The van der Waals surface area contributed by atoms with Gasteiger partial charge in [-0.15, -0.1) is 0 Å². The maximum Gasteiger partial charge on any atom is 0.233 e. The van der Waals surface area contributed by atoms with Crippen molar-refractivity contribution in [2.75, 3.05) is 35.7 Å². The minimum absolute atomic E-state index is 0.268. The van der Waals surface area contributed by atoms with E-state index in [-0.39, 0.29) is 12.3 Å². The van der Waals surface area contributed by atoms with E-state index in [2.05, 4.69) is 29.4 Å². The molecule has 6 heteroatoms. The molecule has 0 aliphatic heterocycles. The monoisotopic (exact) mass is 355 g/mol. The number of nitrogens with one attached hydrogen (secondary N) is 2. The Kier molecular flexibility index (Phi) is 7.02. The van der Waals surface area contributed by atoms with Crippen molar-refractivity contribution >= 4 is 28.9 Å². The van der Waals surface area contributed by atoms with Crippen LogP contribution in [-0.4, -0.2) is 32.0 Å². The highest BCUT2D eigenvalue weighted by atomic mass is 16.5. The van der Waals surface area contributed by atoms with Crippen LogP contribution in [0.2, 0.25) is 0 Å². The maximum atomic E-state index is 12.1.